The molecule has 0 amide bonds. The van der Waals surface area contributed by atoms with Gasteiger partial charge in [0.25, 0.3) is 0 Å². The minimum Gasteiger partial charge on any atom is -0.425 e. The summed E-state index contributed by atoms with van der Waals surface area (Å²) in [7, 11) is 3.53. The van der Waals surface area contributed by atoms with E-state index in [9.17, 15) is 45.9 Å². The molecule has 0 bridgehead atoms. The zero-order chi connectivity index (χ0) is 69.3. The van der Waals surface area contributed by atoms with Crippen molar-refractivity contribution in [3.05, 3.63) is 227 Å². The number of halogens is 5. The third-order valence-corrected chi connectivity index (χ3v) is 14.2. The van der Waals surface area contributed by atoms with Crippen molar-refractivity contribution in [1.29, 1.82) is 0 Å². The zero-order valence-corrected chi connectivity index (χ0v) is 52.4. The Morgan fingerprint density at radius 1 is 0.408 bits per heavy atom. The smallest absolute Gasteiger partial charge is 0.309 e. The maximum absolute atomic E-state index is 13.4. The Labute approximate surface area is 550 Å². The highest BCUT2D eigenvalue weighted by molar-refractivity contribution is 5.98. The fourth-order valence-corrected chi connectivity index (χ4v) is 9.97. The number of rotatable bonds is 9. The first kappa shape index (κ1) is 66.2. The number of pyridine rings is 5. The van der Waals surface area contributed by atoms with Gasteiger partial charge in [-0.15, -0.1) is 0 Å². The number of ether oxygens (including phenoxy) is 3. The number of H-pyrrole nitrogens is 4. The molecule has 23 nitrogen and oxygen atoms in total. The SMILES string of the molecule is CC(=O)Oc1ccc2c(n1)c(-c1cccc(F)c1)nn2C.CC(=O)Oc1cnc2c(-c3cccc(F)c3)n[nH]c2c1.CC(=O)Oc1cnc2c(-c3cccc(F)c3)nn(C)c2c1.CC(=O)c1ccc2[nH]nc(-c3cccc(F)c3)c2n1.O=c1ccc2[nH]nc(-c3cccc(F)c3)c2[nH]1. The minimum atomic E-state index is -0.446. The predicted octanol–water partition coefficient (Wildman–Crippen LogP) is 13.1. The molecule has 98 heavy (non-hydrogen) atoms. The van der Waals surface area contributed by atoms with Gasteiger partial charge in [0.2, 0.25) is 11.4 Å². The van der Waals surface area contributed by atoms with Crippen LogP contribution >= 0.6 is 0 Å². The average Bonchev–Trinajstić information content (AvgIpc) is 1.68. The summed E-state index contributed by atoms with van der Waals surface area (Å²) < 4.78 is 84.6. The Bertz CT molecular complexity index is 5590. The lowest BCUT2D eigenvalue weighted by Gasteiger charge is -2.01. The van der Waals surface area contributed by atoms with E-state index in [2.05, 4.69) is 65.7 Å². The molecular weight excluding hydrogens is 1270 g/mol. The van der Waals surface area contributed by atoms with Crippen LogP contribution in [0.5, 0.6) is 17.4 Å². The molecule has 10 aromatic heterocycles. The van der Waals surface area contributed by atoms with Crippen LogP contribution in [-0.4, -0.2) is 98.8 Å². The Hall–Kier alpha value is -13.3. The van der Waals surface area contributed by atoms with Crippen LogP contribution in [0, 0.1) is 29.1 Å². The number of aromatic nitrogens is 15. The number of esters is 3. The van der Waals surface area contributed by atoms with Gasteiger partial charge in [-0.25, -0.2) is 41.9 Å². The summed E-state index contributed by atoms with van der Waals surface area (Å²) in [6, 6.07) is 43.7. The van der Waals surface area contributed by atoms with Gasteiger partial charge in [-0.2, -0.15) is 25.5 Å². The molecule has 0 aliphatic heterocycles. The van der Waals surface area contributed by atoms with Crippen LogP contribution < -0.4 is 19.8 Å². The number of ketones is 1. The van der Waals surface area contributed by atoms with Gasteiger partial charge in [0, 0.05) is 93.9 Å². The molecule has 490 valence electrons. The lowest BCUT2D eigenvalue weighted by atomic mass is 10.1. The molecule has 0 aliphatic carbocycles. The minimum absolute atomic E-state index is 0.117. The van der Waals surface area contributed by atoms with E-state index < -0.39 is 17.9 Å². The van der Waals surface area contributed by atoms with Crippen molar-refractivity contribution in [2.24, 2.45) is 14.1 Å². The van der Waals surface area contributed by atoms with Crippen LogP contribution in [0.1, 0.15) is 38.2 Å². The Morgan fingerprint density at radius 2 is 0.847 bits per heavy atom. The molecule has 0 aliphatic rings. The van der Waals surface area contributed by atoms with E-state index in [4.69, 9.17) is 14.2 Å². The number of Topliss-reactive ketones (excluding diaryl/α,β-unsaturated/α-hetero) is 1. The van der Waals surface area contributed by atoms with Gasteiger partial charge in [0.15, 0.2) is 17.3 Å². The van der Waals surface area contributed by atoms with Crippen LogP contribution in [0.15, 0.2) is 187 Å². The van der Waals surface area contributed by atoms with Gasteiger partial charge < -0.3 is 19.2 Å². The van der Waals surface area contributed by atoms with E-state index >= 15 is 0 Å². The van der Waals surface area contributed by atoms with Gasteiger partial charge in [-0.3, -0.25) is 48.6 Å². The van der Waals surface area contributed by atoms with E-state index in [1.807, 2.05) is 0 Å². The molecule has 10 heterocycles. The second-order valence-electron chi connectivity index (χ2n) is 21.4. The zero-order valence-electron chi connectivity index (χ0n) is 52.4. The van der Waals surface area contributed by atoms with E-state index in [-0.39, 0.29) is 46.3 Å². The van der Waals surface area contributed by atoms with E-state index in [1.165, 1.54) is 107 Å². The van der Waals surface area contributed by atoms with Crippen molar-refractivity contribution in [3.63, 3.8) is 0 Å². The summed E-state index contributed by atoms with van der Waals surface area (Å²) in [4.78, 5) is 75.3. The number of hydrogen-bond donors (Lipinski definition) is 4. The van der Waals surface area contributed by atoms with E-state index in [0.29, 0.717) is 123 Å². The number of fused-ring (bicyclic) bond motifs is 5. The summed E-state index contributed by atoms with van der Waals surface area (Å²) in [5.41, 5.74) is 12.5. The Balaban J connectivity index is 0.000000124. The topological polar surface area (TPSA) is 302 Å². The van der Waals surface area contributed by atoms with Crippen LogP contribution in [0.4, 0.5) is 22.0 Å². The first-order valence-electron chi connectivity index (χ1n) is 29.4. The summed E-state index contributed by atoms with van der Waals surface area (Å²) in [5, 5.41) is 29.5. The third kappa shape index (κ3) is 15.5. The van der Waals surface area contributed by atoms with E-state index in [1.54, 1.807) is 127 Å². The number of nitrogens with zero attached hydrogens (tertiary/aromatic N) is 11. The summed E-state index contributed by atoms with van der Waals surface area (Å²) in [6.45, 7) is 5.40. The summed E-state index contributed by atoms with van der Waals surface area (Å²) in [6.07, 6.45) is 2.89. The standard InChI is InChI=1S/2C15H12FN3O2.C14H10FN3O2.C14H10FN3O.C12H8FN3O/c1-9(20)21-12-7-13-15(17-8-12)14(18-19(13)2)10-4-3-5-11(16)6-10;1-9(20)21-13-7-6-12-15(17-13)14(18-19(12)2)10-4-3-5-11(16)8-10;1-8(19)20-11-6-12-14(16-7-11)13(18-17-12)9-3-2-4-10(15)5-9;1-8(19)11-5-6-12-14(16-11)13(18-17-12)9-3-2-4-10(15)7-9;13-8-3-1-2-7(6-8)11-12-9(15-16-11)4-5-10(17)14-12/h2*3-8H,1-2H3;2-7H,1H3,(H,17,18);2-7H,1H3,(H,17,18);1-6H,(H,14,17)(H,15,16). The molecular formula is C70H52F5N15O8. The highest BCUT2D eigenvalue weighted by Crippen LogP contribution is 2.32. The van der Waals surface area contributed by atoms with Crippen molar-refractivity contribution >= 4 is 78.9 Å². The van der Waals surface area contributed by atoms with Crippen LogP contribution in [0.3, 0.4) is 0 Å². The number of hydrogen-bond acceptors (Lipinski definition) is 17. The lowest BCUT2D eigenvalue weighted by Crippen LogP contribution is -2.02. The molecule has 15 aromatic rings. The normalized spacial score (nSPS) is 10.8. The van der Waals surface area contributed by atoms with Crippen molar-refractivity contribution < 1.29 is 55.3 Å². The lowest BCUT2D eigenvalue weighted by molar-refractivity contribution is -0.133. The molecule has 0 radical (unpaired) electrons. The Morgan fingerprint density at radius 3 is 1.37 bits per heavy atom. The molecule has 0 unspecified atom stereocenters. The maximum Gasteiger partial charge on any atom is 0.309 e. The molecule has 0 atom stereocenters. The molecule has 0 spiro atoms. The highest BCUT2D eigenvalue weighted by Gasteiger charge is 2.19. The number of aryl methyl sites for hydroxylation is 2. The molecule has 0 fully saturated rings. The van der Waals surface area contributed by atoms with Crippen molar-refractivity contribution in [2.75, 3.05) is 0 Å². The van der Waals surface area contributed by atoms with Crippen molar-refractivity contribution in [1.82, 2.24) is 75.1 Å². The second kappa shape index (κ2) is 28.9. The monoisotopic (exact) mass is 1330 g/mol. The average molecular weight is 1330 g/mol. The first-order chi connectivity index (χ1) is 47.1. The summed E-state index contributed by atoms with van der Waals surface area (Å²) >= 11 is 0. The second-order valence-corrected chi connectivity index (χ2v) is 21.4. The molecule has 15 rings (SSSR count). The molecule has 0 saturated carbocycles. The number of carbonyl (C=O) groups is 4. The quantitative estimate of drug-likeness (QED) is 0.0593. The van der Waals surface area contributed by atoms with Crippen molar-refractivity contribution in [2.45, 2.75) is 27.7 Å². The summed E-state index contributed by atoms with van der Waals surface area (Å²) in [5.74, 6) is -2.20. The fourth-order valence-electron chi connectivity index (χ4n) is 9.97. The van der Waals surface area contributed by atoms with E-state index in [0.717, 1.165) is 5.52 Å². The van der Waals surface area contributed by atoms with Gasteiger partial charge in [0.1, 0.15) is 85.3 Å². The van der Waals surface area contributed by atoms with Gasteiger partial charge >= 0.3 is 17.9 Å². The third-order valence-electron chi connectivity index (χ3n) is 14.2. The van der Waals surface area contributed by atoms with Gasteiger partial charge in [-0.05, 0) is 84.9 Å². The largest absolute Gasteiger partial charge is 0.425 e. The Kier molecular flexibility index (Phi) is 19.5. The van der Waals surface area contributed by atoms with Gasteiger partial charge in [-0.1, -0.05) is 60.7 Å². The van der Waals surface area contributed by atoms with Gasteiger partial charge in [0.05, 0.1) is 45.5 Å². The number of aromatic amines is 4. The number of benzene rings is 5. The molecule has 28 heteroatoms. The van der Waals surface area contributed by atoms with Crippen LogP contribution in [-0.2, 0) is 28.5 Å². The van der Waals surface area contributed by atoms with Crippen LogP contribution in [0.25, 0.3) is 111 Å². The number of carbonyl (C=O) groups excluding carboxylic acids is 4. The highest BCUT2D eigenvalue weighted by atomic mass is 19.1. The molecule has 0 saturated heterocycles. The first-order valence-corrected chi connectivity index (χ1v) is 29.4. The van der Waals surface area contributed by atoms with Crippen LogP contribution in [0.2, 0.25) is 0 Å². The maximum atomic E-state index is 13.4. The molecule has 5 aromatic carbocycles. The predicted molar refractivity (Wildman–Crippen MR) is 352 cm³/mol. The van der Waals surface area contributed by atoms with Crippen molar-refractivity contribution in [3.8, 4) is 73.7 Å². The molecule has 4 N–H and O–H groups in total. The fraction of sp³-hybridized carbons (Fsp3) is 0.0857. The number of nitrogens with one attached hydrogen (secondary N) is 4.